The van der Waals surface area contributed by atoms with Gasteiger partial charge in [0.1, 0.15) is 6.61 Å². The van der Waals surface area contributed by atoms with Crippen molar-refractivity contribution in [2.24, 2.45) is 5.73 Å². The molecule has 1 aliphatic rings. The molecule has 7 heteroatoms. The van der Waals surface area contributed by atoms with E-state index in [0.717, 1.165) is 36.3 Å². The van der Waals surface area contributed by atoms with Crippen LogP contribution in [0.15, 0.2) is 6.20 Å². The number of amides is 1. The van der Waals surface area contributed by atoms with Gasteiger partial charge < -0.3 is 20.1 Å². The van der Waals surface area contributed by atoms with Crippen molar-refractivity contribution in [3.8, 4) is 0 Å². The molecule has 1 amide bonds. The maximum absolute atomic E-state index is 10.4. The van der Waals surface area contributed by atoms with Gasteiger partial charge in [0.25, 0.3) is 0 Å². The molecule has 1 fully saturated rings. The number of nitrogens with zero attached hydrogens (tertiary/aromatic N) is 2. The van der Waals surface area contributed by atoms with Crippen molar-refractivity contribution in [3.63, 3.8) is 0 Å². The average molecular weight is 243 g/mol. The summed E-state index contributed by atoms with van der Waals surface area (Å²) < 4.78 is 9.95. The molecule has 1 saturated heterocycles. The highest BCUT2D eigenvalue weighted by Gasteiger charge is 2.14. The van der Waals surface area contributed by atoms with Crippen LogP contribution in [0.1, 0.15) is 4.88 Å². The fourth-order valence-corrected chi connectivity index (χ4v) is 2.28. The summed E-state index contributed by atoms with van der Waals surface area (Å²) in [7, 11) is 0. The Labute approximate surface area is 97.0 Å². The van der Waals surface area contributed by atoms with Crippen molar-refractivity contribution in [1.29, 1.82) is 0 Å². The second kappa shape index (κ2) is 5.13. The number of hydrogen-bond acceptors (Lipinski definition) is 6. The normalized spacial score (nSPS) is 16.1. The molecular weight excluding hydrogens is 230 g/mol. The summed E-state index contributed by atoms with van der Waals surface area (Å²) in [6.07, 6.45) is 0.944. The number of hydrogen-bond donors (Lipinski definition) is 1. The van der Waals surface area contributed by atoms with Crippen LogP contribution in [0.25, 0.3) is 0 Å². The van der Waals surface area contributed by atoms with E-state index in [4.69, 9.17) is 15.2 Å². The lowest BCUT2D eigenvalue weighted by atomic mass is 10.5. The first kappa shape index (κ1) is 11.2. The molecule has 0 unspecified atom stereocenters. The predicted molar refractivity (Wildman–Crippen MR) is 59.5 cm³/mol. The van der Waals surface area contributed by atoms with Crippen LogP contribution in [0.4, 0.5) is 9.93 Å². The summed E-state index contributed by atoms with van der Waals surface area (Å²) in [6.45, 7) is 3.35. The molecule has 0 radical (unpaired) electrons. The lowest BCUT2D eigenvalue weighted by Crippen LogP contribution is -2.36. The predicted octanol–water partition coefficient (Wildman–Crippen LogP) is 0.575. The van der Waals surface area contributed by atoms with Gasteiger partial charge in [-0.2, -0.15) is 0 Å². The molecule has 0 atom stereocenters. The van der Waals surface area contributed by atoms with Gasteiger partial charge in [-0.15, -0.1) is 0 Å². The Morgan fingerprint density at radius 3 is 3.06 bits per heavy atom. The number of rotatable bonds is 3. The molecule has 0 saturated carbocycles. The maximum Gasteiger partial charge on any atom is 0.404 e. The molecule has 2 rings (SSSR count). The highest BCUT2D eigenvalue weighted by Crippen LogP contribution is 2.23. The standard InChI is InChI=1S/C9H13N3O3S/c10-8(13)15-6-7-5-11-9(16-7)12-1-3-14-4-2-12/h5H,1-4,6H2,(H2,10,13). The molecule has 6 nitrogen and oxygen atoms in total. The fourth-order valence-electron chi connectivity index (χ4n) is 1.41. The van der Waals surface area contributed by atoms with Gasteiger partial charge in [0.15, 0.2) is 5.13 Å². The summed E-state index contributed by atoms with van der Waals surface area (Å²) in [5.74, 6) is 0. The molecule has 0 bridgehead atoms. The van der Waals surface area contributed by atoms with Crippen molar-refractivity contribution >= 4 is 22.6 Å². The van der Waals surface area contributed by atoms with Crippen molar-refractivity contribution in [1.82, 2.24) is 4.98 Å². The van der Waals surface area contributed by atoms with Gasteiger partial charge in [-0.1, -0.05) is 11.3 Å². The molecule has 2 N–H and O–H groups in total. The first-order valence-electron chi connectivity index (χ1n) is 4.95. The highest BCUT2D eigenvalue weighted by molar-refractivity contribution is 7.15. The summed E-state index contributed by atoms with van der Waals surface area (Å²) in [5.41, 5.74) is 4.89. The Kier molecular flexibility index (Phi) is 3.58. The van der Waals surface area contributed by atoms with Crippen LogP contribution in [0.5, 0.6) is 0 Å². The van der Waals surface area contributed by atoms with Gasteiger partial charge in [0, 0.05) is 19.3 Å². The summed E-state index contributed by atoms with van der Waals surface area (Å²) in [4.78, 5) is 17.8. The number of ether oxygens (including phenoxy) is 2. The van der Waals surface area contributed by atoms with E-state index in [2.05, 4.69) is 9.88 Å². The summed E-state index contributed by atoms with van der Waals surface area (Å²) in [5, 5.41) is 0.936. The zero-order valence-electron chi connectivity index (χ0n) is 8.72. The van der Waals surface area contributed by atoms with E-state index in [1.807, 2.05) is 0 Å². The maximum atomic E-state index is 10.4. The molecule has 16 heavy (non-hydrogen) atoms. The van der Waals surface area contributed by atoms with E-state index in [-0.39, 0.29) is 6.61 Å². The zero-order valence-corrected chi connectivity index (χ0v) is 9.53. The van der Waals surface area contributed by atoms with E-state index >= 15 is 0 Å². The Bertz CT molecular complexity index is 363. The van der Waals surface area contributed by atoms with Crippen LogP contribution in [0.3, 0.4) is 0 Å². The minimum atomic E-state index is -0.763. The lowest BCUT2D eigenvalue weighted by Gasteiger charge is -2.25. The minimum Gasteiger partial charge on any atom is -0.444 e. The molecular formula is C9H13N3O3S. The summed E-state index contributed by atoms with van der Waals surface area (Å²) >= 11 is 1.51. The third-order valence-corrected chi connectivity index (χ3v) is 3.21. The third-order valence-electron chi connectivity index (χ3n) is 2.18. The second-order valence-corrected chi connectivity index (χ2v) is 4.41. The number of carbonyl (C=O) groups excluding carboxylic acids is 1. The highest BCUT2D eigenvalue weighted by atomic mass is 32.1. The van der Waals surface area contributed by atoms with Crippen LogP contribution >= 0.6 is 11.3 Å². The topological polar surface area (TPSA) is 77.7 Å². The second-order valence-electron chi connectivity index (χ2n) is 3.32. The van der Waals surface area contributed by atoms with Gasteiger partial charge in [0.2, 0.25) is 0 Å². The van der Waals surface area contributed by atoms with Crippen molar-refractivity contribution in [2.75, 3.05) is 31.2 Å². The van der Waals surface area contributed by atoms with Gasteiger partial charge in [-0.25, -0.2) is 9.78 Å². The van der Waals surface area contributed by atoms with Gasteiger partial charge >= 0.3 is 6.09 Å². The van der Waals surface area contributed by atoms with E-state index in [1.54, 1.807) is 6.20 Å². The quantitative estimate of drug-likeness (QED) is 0.840. The average Bonchev–Trinajstić information content (AvgIpc) is 2.76. The first-order valence-corrected chi connectivity index (χ1v) is 5.77. The number of thiazole rings is 1. The molecule has 0 aliphatic carbocycles. The van der Waals surface area contributed by atoms with E-state index in [9.17, 15) is 4.79 Å². The number of nitrogens with two attached hydrogens (primary N) is 1. The fraction of sp³-hybridized carbons (Fsp3) is 0.556. The van der Waals surface area contributed by atoms with E-state index in [1.165, 1.54) is 11.3 Å². The van der Waals surface area contributed by atoms with Crippen LogP contribution in [-0.2, 0) is 16.1 Å². The number of anilines is 1. The van der Waals surface area contributed by atoms with Crippen molar-refractivity contribution < 1.29 is 14.3 Å². The minimum absolute atomic E-state index is 0.192. The molecule has 0 aromatic carbocycles. The Morgan fingerprint density at radius 1 is 1.62 bits per heavy atom. The molecule has 2 heterocycles. The third kappa shape index (κ3) is 2.83. The Morgan fingerprint density at radius 2 is 2.38 bits per heavy atom. The van der Waals surface area contributed by atoms with Crippen LogP contribution in [0, 0.1) is 0 Å². The van der Waals surface area contributed by atoms with Gasteiger partial charge in [-0.3, -0.25) is 0 Å². The SMILES string of the molecule is NC(=O)OCc1cnc(N2CCOCC2)s1. The molecule has 0 spiro atoms. The van der Waals surface area contributed by atoms with Gasteiger partial charge in [-0.05, 0) is 0 Å². The number of morpholine rings is 1. The summed E-state index contributed by atoms with van der Waals surface area (Å²) in [6, 6.07) is 0. The van der Waals surface area contributed by atoms with Crippen LogP contribution < -0.4 is 10.6 Å². The van der Waals surface area contributed by atoms with Crippen molar-refractivity contribution in [2.45, 2.75) is 6.61 Å². The number of aromatic nitrogens is 1. The molecule has 1 aromatic heterocycles. The molecule has 88 valence electrons. The number of carbonyl (C=O) groups is 1. The van der Waals surface area contributed by atoms with Crippen molar-refractivity contribution in [3.05, 3.63) is 11.1 Å². The Hall–Kier alpha value is -1.34. The smallest absolute Gasteiger partial charge is 0.404 e. The van der Waals surface area contributed by atoms with E-state index < -0.39 is 6.09 Å². The zero-order chi connectivity index (χ0) is 11.4. The van der Waals surface area contributed by atoms with E-state index in [0.29, 0.717) is 0 Å². The largest absolute Gasteiger partial charge is 0.444 e. The lowest BCUT2D eigenvalue weighted by molar-refractivity contribution is 0.122. The number of primary amides is 1. The first-order chi connectivity index (χ1) is 7.75. The Balaban J connectivity index is 1.93. The van der Waals surface area contributed by atoms with Crippen LogP contribution in [0.2, 0.25) is 0 Å². The molecule has 1 aromatic rings. The monoisotopic (exact) mass is 243 g/mol. The van der Waals surface area contributed by atoms with Crippen LogP contribution in [-0.4, -0.2) is 37.4 Å². The van der Waals surface area contributed by atoms with Gasteiger partial charge in [0.05, 0.1) is 18.1 Å². The molecule has 1 aliphatic heterocycles.